The van der Waals surface area contributed by atoms with Crippen LogP contribution in [-0.4, -0.2) is 52.6 Å². The molecular weight excluding hydrogens is 303 g/mol. The number of aliphatic carboxylic acids is 1. The van der Waals surface area contributed by atoms with E-state index >= 15 is 0 Å². The van der Waals surface area contributed by atoms with Crippen molar-refractivity contribution in [2.24, 2.45) is 23.7 Å². The van der Waals surface area contributed by atoms with Gasteiger partial charge in [0.25, 0.3) is 5.97 Å². The van der Waals surface area contributed by atoms with Crippen LogP contribution in [0, 0.1) is 29.5 Å². The van der Waals surface area contributed by atoms with Crippen LogP contribution in [0.2, 0.25) is 0 Å². The number of carboxylic acid groups (broad SMARTS) is 1. The number of aliphatic hydroxyl groups is 2. The highest BCUT2D eigenvalue weighted by atomic mass is 19.1. The minimum Gasteiger partial charge on any atom is -0.481 e. The summed E-state index contributed by atoms with van der Waals surface area (Å²) in [4.78, 5) is 15.3. The number of aliphatic hydroxyl groups excluding tert-OH is 2. The highest BCUT2D eigenvalue weighted by Crippen LogP contribution is 2.46. The first kappa shape index (κ1) is 17.6. The number of carboxylic acids is 1. The lowest BCUT2D eigenvalue weighted by Crippen LogP contribution is -2.28. The molecule has 2 fully saturated rings. The first-order valence-electron chi connectivity index (χ1n) is 7.74. The summed E-state index contributed by atoms with van der Waals surface area (Å²) in [6.45, 7) is 3.10. The summed E-state index contributed by atoms with van der Waals surface area (Å²) in [5.41, 5.74) is 0. The molecule has 0 aromatic carbocycles. The van der Waals surface area contributed by atoms with Gasteiger partial charge in [-0.15, -0.1) is 0 Å². The van der Waals surface area contributed by atoms with E-state index in [1.165, 1.54) is 12.3 Å². The molecule has 7 heteroatoms. The molecule has 0 bridgehead atoms. The minimum absolute atomic E-state index is 0.136. The quantitative estimate of drug-likeness (QED) is 0.767. The van der Waals surface area contributed by atoms with Gasteiger partial charge >= 0.3 is 0 Å². The van der Waals surface area contributed by atoms with Crippen LogP contribution < -0.4 is 4.90 Å². The topological polar surface area (TPSA) is 93.9 Å². The molecule has 2 aliphatic rings. The molecule has 0 radical (unpaired) electrons. The number of hydrogen-bond acceptors (Lipinski definition) is 5. The number of rotatable bonds is 3. The van der Waals surface area contributed by atoms with Crippen LogP contribution in [0.25, 0.3) is 0 Å². The van der Waals surface area contributed by atoms with Gasteiger partial charge in [0, 0.05) is 33.2 Å². The summed E-state index contributed by atoms with van der Waals surface area (Å²) in [5.74, 6) is 0.962. The van der Waals surface area contributed by atoms with E-state index in [1.807, 2.05) is 0 Å². The number of hydrogen-bond donors (Lipinski definition) is 3. The van der Waals surface area contributed by atoms with E-state index in [0.717, 1.165) is 32.3 Å². The zero-order valence-corrected chi connectivity index (χ0v) is 13.1. The maximum atomic E-state index is 12.9. The Morgan fingerprint density at radius 1 is 1.35 bits per heavy atom. The van der Waals surface area contributed by atoms with Gasteiger partial charge in [0.2, 0.25) is 0 Å². The third-order valence-corrected chi connectivity index (χ3v) is 4.73. The second-order valence-corrected chi connectivity index (χ2v) is 6.21. The summed E-state index contributed by atoms with van der Waals surface area (Å²) >= 11 is 0. The Morgan fingerprint density at radius 2 is 2.04 bits per heavy atom. The monoisotopic (exact) mass is 326 g/mol. The number of fused-ring (bicyclic) bond motifs is 1. The average Bonchev–Trinajstić information content (AvgIpc) is 3.04. The van der Waals surface area contributed by atoms with Crippen LogP contribution >= 0.6 is 0 Å². The van der Waals surface area contributed by atoms with Gasteiger partial charge in [-0.05, 0) is 42.2 Å². The third-order valence-electron chi connectivity index (χ3n) is 4.73. The number of nitrogens with zero attached hydrogens (tertiary/aromatic N) is 2. The van der Waals surface area contributed by atoms with Gasteiger partial charge in [0.05, 0.1) is 6.20 Å². The fourth-order valence-electron chi connectivity index (χ4n) is 3.78. The summed E-state index contributed by atoms with van der Waals surface area (Å²) < 4.78 is 12.9. The van der Waals surface area contributed by atoms with Crippen LogP contribution in [0.5, 0.6) is 0 Å². The van der Waals surface area contributed by atoms with E-state index in [2.05, 4.69) is 9.88 Å². The number of aromatic nitrogens is 1. The van der Waals surface area contributed by atoms with Gasteiger partial charge in [-0.1, -0.05) is 0 Å². The molecule has 1 aliphatic carbocycles. The molecule has 1 saturated heterocycles. The maximum absolute atomic E-state index is 12.9. The molecule has 128 valence electrons. The Kier molecular flexibility index (Phi) is 5.90. The largest absolute Gasteiger partial charge is 0.481 e. The molecule has 1 saturated carbocycles. The maximum Gasteiger partial charge on any atom is 0.300 e. The number of halogens is 1. The minimum atomic E-state index is -0.833. The van der Waals surface area contributed by atoms with Crippen molar-refractivity contribution in [2.45, 2.75) is 13.3 Å². The van der Waals surface area contributed by atoms with Gasteiger partial charge in [-0.25, -0.2) is 9.37 Å². The van der Waals surface area contributed by atoms with Crippen molar-refractivity contribution in [1.29, 1.82) is 0 Å². The third kappa shape index (κ3) is 4.17. The Bertz CT molecular complexity index is 521. The van der Waals surface area contributed by atoms with Crippen molar-refractivity contribution in [3.8, 4) is 0 Å². The molecule has 3 N–H and O–H groups in total. The van der Waals surface area contributed by atoms with Gasteiger partial charge in [0.1, 0.15) is 11.6 Å². The Labute approximate surface area is 134 Å². The van der Waals surface area contributed by atoms with Crippen LogP contribution in [0.15, 0.2) is 18.3 Å². The van der Waals surface area contributed by atoms with Crippen LogP contribution in [0.1, 0.15) is 13.3 Å². The summed E-state index contributed by atoms with van der Waals surface area (Å²) in [5, 5.41) is 26.3. The highest BCUT2D eigenvalue weighted by molar-refractivity contribution is 5.62. The predicted octanol–water partition coefficient (Wildman–Crippen LogP) is 0.985. The first-order valence-corrected chi connectivity index (χ1v) is 7.74. The summed E-state index contributed by atoms with van der Waals surface area (Å²) in [6.07, 6.45) is 2.20. The highest BCUT2D eigenvalue weighted by Gasteiger charge is 2.47. The second kappa shape index (κ2) is 7.70. The van der Waals surface area contributed by atoms with Crippen molar-refractivity contribution in [2.75, 3.05) is 31.2 Å². The van der Waals surface area contributed by atoms with Gasteiger partial charge < -0.3 is 20.2 Å². The Hall–Kier alpha value is -1.73. The molecule has 23 heavy (non-hydrogen) atoms. The lowest BCUT2D eigenvalue weighted by Gasteiger charge is -2.23. The van der Waals surface area contributed by atoms with E-state index in [1.54, 1.807) is 6.07 Å². The summed E-state index contributed by atoms with van der Waals surface area (Å²) in [6, 6.07) is 3.13. The van der Waals surface area contributed by atoms with Crippen LogP contribution in [0.4, 0.5) is 10.2 Å². The van der Waals surface area contributed by atoms with E-state index in [9.17, 15) is 14.6 Å². The van der Waals surface area contributed by atoms with Gasteiger partial charge in [0.15, 0.2) is 0 Å². The first-order chi connectivity index (χ1) is 11.0. The van der Waals surface area contributed by atoms with Crippen LogP contribution in [0.3, 0.4) is 0 Å². The van der Waals surface area contributed by atoms with Crippen molar-refractivity contribution in [3.63, 3.8) is 0 Å². The van der Waals surface area contributed by atoms with Crippen LogP contribution in [-0.2, 0) is 4.79 Å². The molecule has 1 aromatic rings. The van der Waals surface area contributed by atoms with Crippen molar-refractivity contribution in [1.82, 2.24) is 4.98 Å². The Morgan fingerprint density at radius 3 is 2.57 bits per heavy atom. The lowest BCUT2D eigenvalue weighted by atomic mass is 9.89. The van der Waals surface area contributed by atoms with Crippen molar-refractivity contribution in [3.05, 3.63) is 24.1 Å². The number of anilines is 1. The molecule has 0 unspecified atom stereocenters. The van der Waals surface area contributed by atoms with E-state index in [4.69, 9.17) is 9.90 Å². The Balaban J connectivity index is 0.000000433. The molecule has 6 nitrogen and oxygen atoms in total. The number of carbonyl (C=O) groups is 1. The molecule has 3 rings (SSSR count). The van der Waals surface area contributed by atoms with E-state index < -0.39 is 5.97 Å². The lowest BCUT2D eigenvalue weighted by molar-refractivity contribution is -0.134. The molecular formula is C16H23FN2O4. The number of pyridine rings is 1. The second-order valence-electron chi connectivity index (χ2n) is 6.21. The molecule has 2 heterocycles. The van der Waals surface area contributed by atoms with Gasteiger partial charge in [-0.2, -0.15) is 0 Å². The predicted molar refractivity (Wildman–Crippen MR) is 82.5 cm³/mol. The molecule has 0 amide bonds. The molecule has 0 spiro atoms. The fourth-order valence-corrected chi connectivity index (χ4v) is 3.78. The fraction of sp³-hybridized carbons (Fsp3) is 0.625. The molecule has 1 aromatic heterocycles. The molecule has 4 atom stereocenters. The average molecular weight is 326 g/mol. The normalized spacial score (nSPS) is 29.0. The zero-order chi connectivity index (χ0) is 17.0. The van der Waals surface area contributed by atoms with E-state index in [-0.39, 0.29) is 30.9 Å². The van der Waals surface area contributed by atoms with E-state index in [0.29, 0.717) is 11.8 Å². The zero-order valence-electron chi connectivity index (χ0n) is 13.1. The van der Waals surface area contributed by atoms with Gasteiger partial charge in [-0.3, -0.25) is 4.79 Å². The SMILES string of the molecule is CC(=O)O.OC[C@H]1C[C@H]2CN(c3ccc(F)cn3)C[C@H]2[C@H]1CO. The molecule has 1 aliphatic heterocycles. The summed E-state index contributed by atoms with van der Waals surface area (Å²) in [7, 11) is 0. The standard InChI is InChI=1S/C14H19FN2O2.C2H4O2/c15-11-1-2-14(16-4-11)17-5-9-3-10(7-18)13(8-19)12(9)6-17;1-2(3)4/h1-2,4,9-10,12-13,18-19H,3,5-8H2;1H3,(H,3,4)/t9-,10+,12+,13-;/m0./s1. The van der Waals surface area contributed by atoms with Crippen molar-refractivity contribution >= 4 is 11.8 Å². The smallest absolute Gasteiger partial charge is 0.300 e. The van der Waals surface area contributed by atoms with Crippen molar-refractivity contribution < 1.29 is 24.5 Å².